The molecule has 0 aromatic rings. The Kier molecular flexibility index (Phi) is 6.02. The summed E-state index contributed by atoms with van der Waals surface area (Å²) in [6.45, 7) is -0.264. The van der Waals surface area contributed by atoms with Gasteiger partial charge in [-0.1, -0.05) is 0 Å². The van der Waals surface area contributed by atoms with Crippen LogP contribution in [0, 0.1) is 47.8 Å². The Morgan fingerprint density at radius 1 is 1.25 bits per heavy atom. The van der Waals surface area contributed by atoms with Crippen molar-refractivity contribution < 1.29 is 49.2 Å². The molecule has 4 heteroatoms. The van der Waals surface area contributed by atoms with E-state index in [4.69, 9.17) is 0 Å². The summed E-state index contributed by atoms with van der Waals surface area (Å²) in [5.74, 6) is -2.39. The molecular formula is C4H8F2NSm-. The Bertz CT molecular complexity index is 61.1. The summed E-state index contributed by atoms with van der Waals surface area (Å²) >= 11 is 0. The van der Waals surface area contributed by atoms with Gasteiger partial charge in [-0.05, 0) is 0 Å². The fraction of sp³-hybridized carbons (Fsp3) is 0.750. The molecule has 0 aromatic heterocycles. The van der Waals surface area contributed by atoms with Crippen molar-refractivity contribution in [1.82, 2.24) is 5.32 Å². The van der Waals surface area contributed by atoms with E-state index < -0.39 is 5.92 Å². The van der Waals surface area contributed by atoms with E-state index in [1.54, 1.807) is 0 Å². The molecule has 0 aliphatic carbocycles. The second-order valence-corrected chi connectivity index (χ2v) is 1.46. The predicted molar refractivity (Wildman–Crippen MR) is 24.2 cm³/mol. The van der Waals surface area contributed by atoms with E-state index in [0.29, 0.717) is 0 Å². The molecule has 0 bridgehead atoms. The smallest absolute Gasteiger partial charge is 0.272 e. The second kappa shape index (κ2) is 4.05. The van der Waals surface area contributed by atoms with Gasteiger partial charge >= 0.3 is 0 Å². The number of rotatable bonds is 0. The van der Waals surface area contributed by atoms with Crippen LogP contribution < -0.4 is 5.32 Å². The third kappa shape index (κ3) is 3.24. The molecular weight excluding hydrogens is 250 g/mol. The number of halogens is 2. The molecule has 1 fully saturated rings. The molecule has 1 nitrogen and oxygen atoms in total. The molecule has 1 heterocycles. The van der Waals surface area contributed by atoms with Gasteiger partial charge in [0.05, 0.1) is 13.1 Å². The fourth-order valence-corrected chi connectivity index (χ4v) is 0.314. The topological polar surface area (TPSA) is 12.0 Å². The molecule has 0 unspecified atom stereocenters. The van der Waals surface area contributed by atoms with Crippen LogP contribution in [0.4, 0.5) is 8.78 Å². The van der Waals surface area contributed by atoms with Gasteiger partial charge < -0.3 is 12.7 Å². The van der Waals surface area contributed by atoms with Gasteiger partial charge in [0.15, 0.2) is 0 Å². The van der Waals surface area contributed by atoms with Gasteiger partial charge in [0.1, 0.15) is 0 Å². The molecule has 0 amide bonds. The minimum Gasteiger partial charge on any atom is -0.358 e. The summed E-state index contributed by atoms with van der Waals surface area (Å²) in [4.78, 5) is 0. The summed E-state index contributed by atoms with van der Waals surface area (Å²) in [6.07, 6.45) is 0. The molecule has 8 heavy (non-hydrogen) atoms. The molecule has 0 radical (unpaired) electrons. The number of hydrogen-bond acceptors (Lipinski definition) is 1. The zero-order valence-electron chi connectivity index (χ0n) is 4.58. The van der Waals surface area contributed by atoms with Gasteiger partial charge in [0.2, 0.25) is 0 Å². The molecule has 1 aliphatic rings. The number of hydrogen-bond donors (Lipinski definition) is 1. The maximum atomic E-state index is 11.5. The third-order valence-electron chi connectivity index (χ3n) is 0.767. The van der Waals surface area contributed by atoms with Crippen LogP contribution in [0.2, 0.25) is 0 Å². The summed E-state index contributed by atoms with van der Waals surface area (Å²) in [5.41, 5.74) is 0. The van der Waals surface area contributed by atoms with Gasteiger partial charge in [-0.3, -0.25) is 0 Å². The van der Waals surface area contributed by atoms with Crippen molar-refractivity contribution in [2.45, 2.75) is 5.92 Å². The molecule has 1 saturated heterocycles. The van der Waals surface area contributed by atoms with E-state index in [2.05, 4.69) is 5.32 Å². The van der Waals surface area contributed by atoms with Crippen LogP contribution >= 0.6 is 0 Å². The SMILES string of the molecule is FC1(F)CNC1.[CH3-].[Sm]. The zero-order chi connectivity index (χ0) is 4.62. The normalized spacial score (nSPS) is 21.8. The van der Waals surface area contributed by atoms with Crippen molar-refractivity contribution in [1.29, 1.82) is 0 Å². The standard InChI is InChI=1S/C3H5F2N.CH3.Sm/c4-3(5)1-6-2-3;;/h6H,1-2H2;1H3;/q;-1;. The third-order valence-corrected chi connectivity index (χ3v) is 0.767. The Balaban J connectivity index is 0. The average Bonchev–Trinajstić information content (AvgIpc) is 1.32. The van der Waals surface area contributed by atoms with Gasteiger partial charge in [-0.25, -0.2) is 8.78 Å². The molecule has 0 spiro atoms. The summed E-state index contributed by atoms with van der Waals surface area (Å²) in [7, 11) is 0. The van der Waals surface area contributed by atoms with Crippen LogP contribution in [0.1, 0.15) is 0 Å². The van der Waals surface area contributed by atoms with E-state index in [1.807, 2.05) is 0 Å². The van der Waals surface area contributed by atoms with E-state index in [1.165, 1.54) is 0 Å². The molecule has 0 saturated carbocycles. The van der Waals surface area contributed by atoms with Crippen LogP contribution in [-0.2, 0) is 0 Å². The zero-order valence-corrected chi connectivity index (χ0v) is 7.20. The Morgan fingerprint density at radius 3 is 1.50 bits per heavy atom. The Hall–Kier alpha value is 1.16. The molecule has 1 rings (SSSR count). The summed E-state index contributed by atoms with van der Waals surface area (Å²) in [6, 6.07) is 0. The van der Waals surface area contributed by atoms with Gasteiger partial charge in [0.25, 0.3) is 5.92 Å². The largest absolute Gasteiger partial charge is 0.358 e. The number of nitrogens with one attached hydrogen (secondary N) is 1. The second-order valence-electron chi connectivity index (χ2n) is 1.46. The molecule has 0 aromatic carbocycles. The Morgan fingerprint density at radius 2 is 1.50 bits per heavy atom. The maximum absolute atomic E-state index is 11.5. The van der Waals surface area contributed by atoms with Crippen molar-refractivity contribution >= 4 is 0 Å². The fourth-order valence-electron chi connectivity index (χ4n) is 0.314. The van der Waals surface area contributed by atoms with Crippen LogP contribution in [0.25, 0.3) is 0 Å². The first-order valence-electron chi connectivity index (χ1n) is 1.79. The molecule has 50 valence electrons. The van der Waals surface area contributed by atoms with Crippen molar-refractivity contribution in [3.05, 3.63) is 7.43 Å². The van der Waals surface area contributed by atoms with Crippen molar-refractivity contribution in [2.24, 2.45) is 0 Å². The quantitative estimate of drug-likeness (QED) is 0.630. The van der Waals surface area contributed by atoms with Gasteiger partial charge in [0, 0.05) is 40.4 Å². The molecule has 0 atom stereocenters. The minimum atomic E-state index is -2.39. The van der Waals surface area contributed by atoms with Crippen molar-refractivity contribution in [2.75, 3.05) is 13.1 Å². The molecule has 1 N–H and O–H groups in total. The van der Waals surface area contributed by atoms with Crippen molar-refractivity contribution in [3.8, 4) is 0 Å². The monoisotopic (exact) mass is 260 g/mol. The first-order chi connectivity index (χ1) is 2.71. The first kappa shape index (κ1) is 11.9. The minimum absolute atomic E-state index is 0. The predicted octanol–water partition coefficient (Wildman–Crippen LogP) is 0.675. The van der Waals surface area contributed by atoms with Crippen LogP contribution in [0.15, 0.2) is 0 Å². The van der Waals surface area contributed by atoms with E-state index in [-0.39, 0.29) is 60.9 Å². The van der Waals surface area contributed by atoms with E-state index in [9.17, 15) is 8.78 Å². The van der Waals surface area contributed by atoms with Crippen LogP contribution in [0.3, 0.4) is 0 Å². The van der Waals surface area contributed by atoms with Gasteiger partial charge in [-0.15, -0.1) is 0 Å². The number of alkyl halides is 2. The summed E-state index contributed by atoms with van der Waals surface area (Å²) < 4.78 is 23.0. The summed E-state index contributed by atoms with van der Waals surface area (Å²) in [5, 5.41) is 2.45. The van der Waals surface area contributed by atoms with Gasteiger partial charge in [-0.2, -0.15) is 0 Å². The Labute approximate surface area is 80.3 Å². The van der Waals surface area contributed by atoms with Crippen LogP contribution in [0.5, 0.6) is 0 Å². The van der Waals surface area contributed by atoms with Crippen LogP contribution in [-0.4, -0.2) is 19.0 Å². The average molecular weight is 258 g/mol. The van der Waals surface area contributed by atoms with E-state index >= 15 is 0 Å². The first-order valence-corrected chi connectivity index (χ1v) is 1.79. The van der Waals surface area contributed by atoms with Crippen molar-refractivity contribution in [3.63, 3.8) is 0 Å². The molecule has 1 aliphatic heterocycles. The van der Waals surface area contributed by atoms with E-state index in [0.717, 1.165) is 0 Å². The maximum Gasteiger partial charge on any atom is 0.272 e.